The number of pyridine rings is 1. The van der Waals surface area contributed by atoms with Crippen LogP contribution in [0.2, 0.25) is 0 Å². The van der Waals surface area contributed by atoms with E-state index in [1.807, 2.05) is 12.3 Å². The van der Waals surface area contributed by atoms with Crippen molar-refractivity contribution in [2.75, 3.05) is 9.80 Å². The van der Waals surface area contributed by atoms with Crippen molar-refractivity contribution in [2.45, 2.75) is 84.0 Å². The van der Waals surface area contributed by atoms with E-state index in [4.69, 9.17) is 9.72 Å². The van der Waals surface area contributed by atoms with Crippen LogP contribution in [0.25, 0.3) is 49.9 Å². The van der Waals surface area contributed by atoms with E-state index in [1.165, 1.54) is 38.8 Å². The molecule has 2 aliphatic rings. The molecule has 394 valence electrons. The Morgan fingerprint density at radius 1 is 0.468 bits per heavy atom. The van der Waals surface area contributed by atoms with Crippen molar-refractivity contribution in [3.05, 3.63) is 270 Å². The van der Waals surface area contributed by atoms with Crippen LogP contribution in [-0.4, -0.2) is 9.55 Å². The molecule has 0 spiro atoms. The van der Waals surface area contributed by atoms with Crippen molar-refractivity contribution in [2.24, 2.45) is 0 Å². The second kappa shape index (κ2) is 19.4. The standard InChI is InChI=1S/C73H63N4O.Pt/c1-70(2,3)50-33-37-52(38-34-50)73(53-39-35-51(36-40-53)71(4,5)6)60-29-20-32-64-67(60)68-61(73)45-57(46-65(68)77(64)66-43-54(41-42-74-66)72(7,8)9)78-56-26-18-25-55(44-56)75-47-76(63-31-17-16-30-62(63)75)69-58(48-21-12-10-13-22-48)27-19-28-59(69)49-23-14-11-15-24-49;/h10-43,45,47H,1-9H3;/q-3;. The van der Waals surface area contributed by atoms with Gasteiger partial charge in [0.15, 0.2) is 0 Å². The summed E-state index contributed by atoms with van der Waals surface area (Å²) in [7, 11) is 0. The van der Waals surface area contributed by atoms with E-state index in [9.17, 15) is 0 Å². The number of nitrogens with zero attached hydrogens (tertiary/aromatic N) is 4. The molecule has 0 amide bonds. The van der Waals surface area contributed by atoms with Crippen LogP contribution < -0.4 is 14.5 Å². The maximum absolute atomic E-state index is 7.23. The third-order valence-corrected chi connectivity index (χ3v) is 16.1. The average molecular weight is 1210 g/mol. The molecule has 0 bridgehead atoms. The summed E-state index contributed by atoms with van der Waals surface area (Å²) in [5.74, 6) is 2.02. The van der Waals surface area contributed by atoms with Crippen molar-refractivity contribution in [1.29, 1.82) is 0 Å². The van der Waals surface area contributed by atoms with E-state index in [2.05, 4.69) is 296 Å². The SMILES string of the molecule is CC(C)(C)c1ccc(C2(c3ccc(C(C)(C)C)cc3)c3cc(Oc4[c-]c(N5[CH-]N(c6c(-c7ccccc7)cccc6-c6ccccc6)c6ccccc65)ccc4)[c-]c4c3c3c2cccc3n4-c2cc(C(C)(C)C)ccn2)cc1.[Pt]. The molecule has 3 heterocycles. The zero-order chi connectivity index (χ0) is 53.7. The van der Waals surface area contributed by atoms with Crippen LogP contribution in [0.3, 0.4) is 0 Å². The van der Waals surface area contributed by atoms with E-state index >= 15 is 0 Å². The van der Waals surface area contributed by atoms with Crippen LogP contribution in [0.15, 0.2) is 212 Å². The zero-order valence-corrected chi connectivity index (χ0v) is 48.6. The molecule has 0 fully saturated rings. The molecule has 0 radical (unpaired) electrons. The minimum atomic E-state index is -0.694. The Bertz CT molecular complexity index is 3970. The first-order chi connectivity index (χ1) is 37.6. The van der Waals surface area contributed by atoms with Gasteiger partial charge in [0.25, 0.3) is 0 Å². The van der Waals surface area contributed by atoms with Gasteiger partial charge in [0.2, 0.25) is 0 Å². The van der Waals surface area contributed by atoms with Gasteiger partial charge in [0.1, 0.15) is 5.82 Å². The number of aromatic nitrogens is 2. The normalized spacial score (nSPS) is 13.8. The summed E-state index contributed by atoms with van der Waals surface area (Å²) in [4.78, 5) is 9.67. The van der Waals surface area contributed by atoms with Gasteiger partial charge in [-0.15, -0.1) is 48.3 Å². The molecule has 0 atom stereocenters. The van der Waals surface area contributed by atoms with Gasteiger partial charge in [-0.25, -0.2) is 4.98 Å². The molecule has 6 heteroatoms. The van der Waals surface area contributed by atoms with Crippen molar-refractivity contribution in [1.82, 2.24) is 9.55 Å². The monoisotopic (exact) mass is 1210 g/mol. The molecule has 79 heavy (non-hydrogen) atoms. The number of hydrogen-bond donors (Lipinski definition) is 0. The Morgan fingerprint density at radius 2 is 1.01 bits per heavy atom. The number of para-hydroxylation sites is 3. The minimum Gasteiger partial charge on any atom is -0.509 e. The Hall–Kier alpha value is -7.98. The van der Waals surface area contributed by atoms with Gasteiger partial charge in [-0.3, -0.25) is 0 Å². The number of fused-ring (bicyclic) bond motifs is 1. The first-order valence-electron chi connectivity index (χ1n) is 27.3. The third kappa shape index (κ3) is 8.69. The topological polar surface area (TPSA) is 33.5 Å². The van der Waals surface area contributed by atoms with Gasteiger partial charge in [-0.1, -0.05) is 225 Å². The number of ether oxygens (including phenoxy) is 1. The first-order valence-corrected chi connectivity index (χ1v) is 27.3. The molecule has 0 unspecified atom stereocenters. The maximum atomic E-state index is 7.23. The number of hydrogen-bond acceptors (Lipinski definition) is 4. The van der Waals surface area contributed by atoms with Gasteiger partial charge in [0, 0.05) is 77.9 Å². The fraction of sp³-hybridized carbons (Fsp3) is 0.178. The van der Waals surface area contributed by atoms with Crippen LogP contribution >= 0.6 is 0 Å². The molecule has 5 nitrogen and oxygen atoms in total. The van der Waals surface area contributed by atoms with E-state index in [0.717, 1.165) is 72.8 Å². The molecule has 1 aliphatic heterocycles. The van der Waals surface area contributed by atoms with E-state index < -0.39 is 5.41 Å². The number of anilines is 4. The van der Waals surface area contributed by atoms with Crippen molar-refractivity contribution in [3.8, 4) is 39.6 Å². The van der Waals surface area contributed by atoms with Crippen LogP contribution in [0.5, 0.6) is 11.5 Å². The molecule has 0 saturated carbocycles. The van der Waals surface area contributed by atoms with Gasteiger partial charge in [-0.05, 0) is 96.5 Å². The average Bonchev–Trinajstić information content (AvgIpc) is 3.47. The summed E-state index contributed by atoms with van der Waals surface area (Å²) in [6, 6.07) is 82.6. The van der Waals surface area contributed by atoms with Gasteiger partial charge in [-0.2, -0.15) is 6.07 Å². The fourth-order valence-corrected chi connectivity index (χ4v) is 12.1. The van der Waals surface area contributed by atoms with Crippen LogP contribution in [0, 0.1) is 18.8 Å². The van der Waals surface area contributed by atoms with Gasteiger partial charge < -0.3 is 19.1 Å². The van der Waals surface area contributed by atoms with Crippen molar-refractivity contribution < 1.29 is 25.8 Å². The van der Waals surface area contributed by atoms with E-state index in [-0.39, 0.29) is 37.3 Å². The van der Waals surface area contributed by atoms with Gasteiger partial charge in [0.05, 0.1) is 0 Å². The molecule has 1 aliphatic carbocycles. The summed E-state index contributed by atoms with van der Waals surface area (Å²) >= 11 is 0. The summed E-state index contributed by atoms with van der Waals surface area (Å²) in [6.07, 6.45) is 1.94. The molecular weight excluding hydrogens is 1140 g/mol. The quantitative estimate of drug-likeness (QED) is 0.135. The fourth-order valence-electron chi connectivity index (χ4n) is 12.1. The first kappa shape index (κ1) is 51.8. The molecule has 13 rings (SSSR count). The Balaban J connectivity index is 0.00000623. The largest absolute Gasteiger partial charge is 0.509 e. The van der Waals surface area contributed by atoms with Crippen molar-refractivity contribution in [3.63, 3.8) is 0 Å². The molecule has 0 N–H and O–H groups in total. The van der Waals surface area contributed by atoms with E-state index in [0.29, 0.717) is 11.5 Å². The van der Waals surface area contributed by atoms with Crippen LogP contribution in [0.4, 0.5) is 22.7 Å². The van der Waals surface area contributed by atoms with Crippen LogP contribution in [0.1, 0.15) is 101 Å². The van der Waals surface area contributed by atoms with E-state index in [1.54, 1.807) is 0 Å². The summed E-state index contributed by atoms with van der Waals surface area (Å²) in [6.45, 7) is 22.7. The predicted octanol–water partition coefficient (Wildman–Crippen LogP) is 18.9. The third-order valence-electron chi connectivity index (χ3n) is 16.1. The van der Waals surface area contributed by atoms with Crippen LogP contribution in [-0.2, 0) is 42.7 Å². The molecular formula is C73H63N4OPt-3. The summed E-state index contributed by atoms with van der Waals surface area (Å²) < 4.78 is 9.53. The Kier molecular flexibility index (Phi) is 12.7. The minimum absolute atomic E-state index is 0. The molecule has 9 aromatic carbocycles. The molecule has 11 aromatic rings. The maximum Gasteiger partial charge on any atom is 0.135 e. The number of benzene rings is 9. The zero-order valence-electron chi connectivity index (χ0n) is 46.3. The second-order valence-electron chi connectivity index (χ2n) is 24.1. The second-order valence-corrected chi connectivity index (χ2v) is 24.1. The number of rotatable bonds is 9. The molecule has 2 aromatic heterocycles. The molecule has 0 saturated heterocycles. The Morgan fingerprint density at radius 3 is 1.59 bits per heavy atom. The summed E-state index contributed by atoms with van der Waals surface area (Å²) in [5.41, 5.74) is 18.4. The smallest absolute Gasteiger partial charge is 0.135 e. The van der Waals surface area contributed by atoms with Crippen molar-refractivity contribution >= 4 is 44.6 Å². The summed E-state index contributed by atoms with van der Waals surface area (Å²) in [5, 5.41) is 2.36. The Labute approximate surface area is 480 Å². The van der Waals surface area contributed by atoms with Gasteiger partial charge >= 0.3 is 0 Å². The predicted molar refractivity (Wildman–Crippen MR) is 323 cm³/mol.